The predicted molar refractivity (Wildman–Crippen MR) is 78.0 cm³/mol. The molecule has 2 aliphatic carbocycles. The average molecular weight is 259 g/mol. The number of hydrogen-bond acceptors (Lipinski definition) is 3. The molecule has 3 rings (SSSR count). The van der Waals surface area contributed by atoms with Gasteiger partial charge in [-0.25, -0.2) is 9.97 Å². The van der Waals surface area contributed by atoms with Gasteiger partial charge in [0.15, 0.2) is 0 Å². The number of rotatable bonds is 2. The fourth-order valence-electron chi connectivity index (χ4n) is 3.79. The van der Waals surface area contributed by atoms with Gasteiger partial charge in [-0.2, -0.15) is 0 Å². The van der Waals surface area contributed by atoms with Crippen LogP contribution in [0.2, 0.25) is 0 Å². The fourth-order valence-corrected chi connectivity index (χ4v) is 3.79. The summed E-state index contributed by atoms with van der Waals surface area (Å²) in [5.74, 6) is 3.66. The van der Waals surface area contributed by atoms with Crippen LogP contribution in [0.3, 0.4) is 0 Å². The summed E-state index contributed by atoms with van der Waals surface area (Å²) in [6.07, 6.45) is 10.4. The molecule has 2 N–H and O–H groups in total. The molecule has 3 heteroatoms. The van der Waals surface area contributed by atoms with Crippen LogP contribution in [0.5, 0.6) is 0 Å². The summed E-state index contributed by atoms with van der Waals surface area (Å²) in [5.41, 5.74) is 7.22. The Balaban J connectivity index is 1.84. The van der Waals surface area contributed by atoms with E-state index in [2.05, 4.69) is 11.9 Å². The zero-order valence-corrected chi connectivity index (χ0v) is 11.9. The first kappa shape index (κ1) is 12.9. The van der Waals surface area contributed by atoms with Gasteiger partial charge in [-0.1, -0.05) is 32.6 Å². The molecule has 2 unspecified atom stereocenters. The Morgan fingerprint density at radius 2 is 1.74 bits per heavy atom. The zero-order chi connectivity index (χ0) is 13.2. The van der Waals surface area contributed by atoms with Gasteiger partial charge in [0.2, 0.25) is 0 Å². The van der Waals surface area contributed by atoms with Gasteiger partial charge in [0.05, 0.1) is 0 Å². The molecular weight excluding hydrogens is 234 g/mol. The first-order chi connectivity index (χ1) is 9.22. The minimum atomic E-state index is 0.535. The molecule has 2 fully saturated rings. The Morgan fingerprint density at radius 3 is 2.47 bits per heavy atom. The number of nitrogens with zero attached hydrogens (tertiary/aromatic N) is 2. The molecule has 2 atom stereocenters. The highest BCUT2D eigenvalue weighted by atomic mass is 15.0. The molecule has 1 aromatic heterocycles. The van der Waals surface area contributed by atoms with E-state index >= 15 is 0 Å². The van der Waals surface area contributed by atoms with Gasteiger partial charge in [-0.15, -0.1) is 0 Å². The Morgan fingerprint density at radius 1 is 1.00 bits per heavy atom. The molecule has 0 bridgehead atoms. The van der Waals surface area contributed by atoms with Crippen molar-refractivity contribution in [1.82, 2.24) is 9.97 Å². The van der Waals surface area contributed by atoms with Gasteiger partial charge in [-0.3, -0.25) is 0 Å². The van der Waals surface area contributed by atoms with Crippen LogP contribution < -0.4 is 5.73 Å². The van der Waals surface area contributed by atoms with E-state index in [1.165, 1.54) is 57.1 Å². The molecule has 0 radical (unpaired) electrons. The summed E-state index contributed by atoms with van der Waals surface area (Å²) in [5, 5.41) is 0. The third-order valence-corrected chi connectivity index (χ3v) is 4.86. The largest absolute Gasteiger partial charge is 0.384 e. The Kier molecular flexibility index (Phi) is 3.72. The molecule has 0 aromatic carbocycles. The van der Waals surface area contributed by atoms with Crippen LogP contribution >= 0.6 is 0 Å². The zero-order valence-electron chi connectivity index (χ0n) is 11.9. The van der Waals surface area contributed by atoms with Crippen molar-refractivity contribution in [3.05, 3.63) is 17.6 Å². The van der Waals surface area contributed by atoms with Gasteiger partial charge in [0.25, 0.3) is 0 Å². The molecule has 0 saturated heterocycles. The first-order valence-electron chi connectivity index (χ1n) is 7.86. The molecule has 19 heavy (non-hydrogen) atoms. The summed E-state index contributed by atoms with van der Waals surface area (Å²) in [4.78, 5) is 9.41. The molecule has 2 saturated carbocycles. The van der Waals surface area contributed by atoms with Gasteiger partial charge >= 0.3 is 0 Å². The van der Waals surface area contributed by atoms with Crippen LogP contribution in [0.15, 0.2) is 6.07 Å². The van der Waals surface area contributed by atoms with Crippen molar-refractivity contribution >= 4 is 5.82 Å². The van der Waals surface area contributed by atoms with E-state index < -0.39 is 0 Å². The van der Waals surface area contributed by atoms with Crippen molar-refractivity contribution in [1.29, 1.82) is 0 Å². The highest BCUT2D eigenvalue weighted by molar-refractivity contribution is 5.32. The Bertz CT molecular complexity index is 438. The van der Waals surface area contributed by atoms with E-state index in [0.717, 1.165) is 11.7 Å². The maximum Gasteiger partial charge on any atom is 0.134 e. The van der Waals surface area contributed by atoms with Crippen molar-refractivity contribution < 1.29 is 0 Å². The monoisotopic (exact) mass is 259 g/mol. The van der Waals surface area contributed by atoms with Crippen LogP contribution in [0.1, 0.15) is 81.6 Å². The van der Waals surface area contributed by atoms with Crippen molar-refractivity contribution in [2.45, 2.75) is 70.1 Å². The van der Waals surface area contributed by atoms with Crippen molar-refractivity contribution in [3.8, 4) is 0 Å². The summed E-state index contributed by atoms with van der Waals surface area (Å²) in [6, 6.07) is 2.01. The molecule has 104 valence electrons. The van der Waals surface area contributed by atoms with Gasteiger partial charge in [0.1, 0.15) is 11.6 Å². The van der Waals surface area contributed by atoms with Crippen molar-refractivity contribution in [2.24, 2.45) is 5.92 Å². The van der Waals surface area contributed by atoms with Gasteiger partial charge in [-0.05, 0) is 31.6 Å². The Hall–Kier alpha value is -1.12. The number of hydrogen-bond donors (Lipinski definition) is 1. The Labute approximate surface area is 116 Å². The smallest absolute Gasteiger partial charge is 0.134 e. The normalized spacial score (nSPS) is 28.7. The van der Waals surface area contributed by atoms with Gasteiger partial charge < -0.3 is 5.73 Å². The minimum Gasteiger partial charge on any atom is -0.384 e. The number of anilines is 1. The lowest BCUT2D eigenvalue weighted by molar-refractivity contribution is 0.334. The lowest BCUT2D eigenvalue weighted by Crippen LogP contribution is -2.16. The topological polar surface area (TPSA) is 51.8 Å². The second-order valence-electron chi connectivity index (χ2n) is 6.53. The predicted octanol–water partition coefficient (Wildman–Crippen LogP) is 4.01. The van der Waals surface area contributed by atoms with E-state index in [-0.39, 0.29) is 0 Å². The van der Waals surface area contributed by atoms with Crippen LogP contribution in [0.4, 0.5) is 5.82 Å². The number of nitrogen functional groups attached to an aromatic ring is 1. The van der Waals surface area contributed by atoms with E-state index in [4.69, 9.17) is 10.7 Å². The van der Waals surface area contributed by atoms with E-state index in [0.29, 0.717) is 17.7 Å². The maximum absolute atomic E-state index is 6.02. The quantitative estimate of drug-likeness (QED) is 0.873. The van der Waals surface area contributed by atoms with E-state index in [1.54, 1.807) is 0 Å². The average Bonchev–Trinajstić information content (AvgIpc) is 2.92. The second-order valence-corrected chi connectivity index (χ2v) is 6.53. The van der Waals surface area contributed by atoms with Crippen LogP contribution in [-0.2, 0) is 0 Å². The number of nitrogens with two attached hydrogens (primary N) is 1. The van der Waals surface area contributed by atoms with Crippen LogP contribution in [0.25, 0.3) is 0 Å². The minimum absolute atomic E-state index is 0.535. The highest BCUT2D eigenvalue weighted by Gasteiger charge is 2.25. The van der Waals surface area contributed by atoms with E-state index in [1.807, 2.05) is 6.07 Å². The number of aromatic nitrogens is 2. The molecule has 1 aromatic rings. The fraction of sp³-hybridized carbons (Fsp3) is 0.750. The lowest BCUT2D eigenvalue weighted by atomic mass is 9.82. The standard InChI is InChI=1S/C16H25N3/c1-11-5-4-8-13(9-11)16-18-14(10-15(17)19-16)12-6-2-3-7-12/h10-13H,2-9H2,1H3,(H2,17,18,19). The third-order valence-electron chi connectivity index (χ3n) is 4.86. The SMILES string of the molecule is CC1CCCC(c2nc(N)cc(C3CCCC3)n2)C1. The molecule has 0 aliphatic heterocycles. The van der Waals surface area contributed by atoms with Crippen molar-refractivity contribution in [2.75, 3.05) is 5.73 Å². The molecule has 0 amide bonds. The second kappa shape index (κ2) is 5.48. The van der Waals surface area contributed by atoms with Crippen molar-refractivity contribution in [3.63, 3.8) is 0 Å². The first-order valence-corrected chi connectivity index (χ1v) is 7.86. The van der Waals surface area contributed by atoms with Crippen LogP contribution in [0, 0.1) is 5.92 Å². The lowest BCUT2D eigenvalue weighted by Gasteiger charge is -2.26. The molecule has 3 nitrogen and oxygen atoms in total. The van der Waals surface area contributed by atoms with E-state index in [9.17, 15) is 0 Å². The molecule has 0 spiro atoms. The third kappa shape index (κ3) is 2.90. The summed E-state index contributed by atoms with van der Waals surface area (Å²) in [6.45, 7) is 2.34. The summed E-state index contributed by atoms with van der Waals surface area (Å²) < 4.78 is 0. The maximum atomic E-state index is 6.02. The van der Waals surface area contributed by atoms with Gasteiger partial charge in [0, 0.05) is 23.6 Å². The molecule has 1 heterocycles. The van der Waals surface area contributed by atoms with Crippen LogP contribution in [-0.4, -0.2) is 9.97 Å². The summed E-state index contributed by atoms with van der Waals surface area (Å²) >= 11 is 0. The molecular formula is C16H25N3. The summed E-state index contributed by atoms with van der Waals surface area (Å²) in [7, 11) is 0. The highest BCUT2D eigenvalue weighted by Crippen LogP contribution is 2.37. The molecule has 2 aliphatic rings.